The predicted molar refractivity (Wildman–Crippen MR) is 58.9 cm³/mol. The molecule has 1 N–H and O–H groups in total. The van der Waals surface area contributed by atoms with Gasteiger partial charge in [-0.1, -0.05) is 6.92 Å². The van der Waals surface area contributed by atoms with Gasteiger partial charge in [-0.15, -0.1) is 0 Å². The molecule has 0 atom stereocenters. The van der Waals surface area contributed by atoms with Gasteiger partial charge in [0.25, 0.3) is 0 Å². The topological polar surface area (TPSA) is 21.3 Å². The molecule has 1 aromatic rings. The lowest BCUT2D eigenvalue weighted by Crippen LogP contribution is -2.45. The van der Waals surface area contributed by atoms with Crippen LogP contribution in [-0.2, 0) is 10.9 Å². The molecule has 2 nitrogen and oxygen atoms in total. The van der Waals surface area contributed by atoms with Crippen molar-refractivity contribution in [3.63, 3.8) is 0 Å². The van der Waals surface area contributed by atoms with E-state index in [0.29, 0.717) is 25.4 Å². The number of nitrogens with one attached hydrogen (secondary N) is 1. The molecule has 0 aliphatic carbocycles. The number of alkyl halides is 3. The van der Waals surface area contributed by atoms with Gasteiger partial charge < -0.3 is 10.1 Å². The quantitative estimate of drug-likeness (QED) is 0.883. The van der Waals surface area contributed by atoms with Crippen LogP contribution in [0.15, 0.2) is 24.3 Å². The van der Waals surface area contributed by atoms with E-state index >= 15 is 0 Å². The minimum atomic E-state index is -4.27. The molecule has 17 heavy (non-hydrogen) atoms. The monoisotopic (exact) mass is 245 g/mol. The summed E-state index contributed by atoms with van der Waals surface area (Å²) in [5, 5.41) is 3.12. The van der Waals surface area contributed by atoms with Crippen molar-refractivity contribution in [1.82, 2.24) is 0 Å². The van der Waals surface area contributed by atoms with Gasteiger partial charge in [0.1, 0.15) is 0 Å². The summed E-state index contributed by atoms with van der Waals surface area (Å²) in [6.07, 6.45) is -4.27. The summed E-state index contributed by atoms with van der Waals surface area (Å²) in [7, 11) is 0. The molecule has 1 aliphatic heterocycles. The Morgan fingerprint density at radius 3 is 2.24 bits per heavy atom. The van der Waals surface area contributed by atoms with Crippen molar-refractivity contribution in [3.05, 3.63) is 29.8 Å². The number of rotatable bonds is 3. The van der Waals surface area contributed by atoms with E-state index in [0.717, 1.165) is 12.1 Å². The molecule has 1 fully saturated rings. The van der Waals surface area contributed by atoms with Crippen molar-refractivity contribution < 1.29 is 17.9 Å². The minimum absolute atomic E-state index is 0.0999. The Bertz CT molecular complexity index is 382. The van der Waals surface area contributed by atoms with Gasteiger partial charge in [0.2, 0.25) is 0 Å². The van der Waals surface area contributed by atoms with E-state index in [4.69, 9.17) is 4.74 Å². The highest BCUT2D eigenvalue weighted by atomic mass is 19.4. The Labute approximate surface area is 97.8 Å². The smallest absolute Gasteiger partial charge is 0.384 e. The Hall–Kier alpha value is -1.23. The van der Waals surface area contributed by atoms with E-state index in [9.17, 15) is 13.2 Å². The maximum atomic E-state index is 12.3. The highest BCUT2D eigenvalue weighted by Crippen LogP contribution is 2.30. The molecule has 0 aromatic heterocycles. The van der Waals surface area contributed by atoms with Gasteiger partial charge in [-0.2, -0.15) is 13.2 Å². The Morgan fingerprint density at radius 1 is 1.24 bits per heavy atom. The van der Waals surface area contributed by atoms with Crippen molar-refractivity contribution in [3.8, 4) is 0 Å². The zero-order chi connectivity index (χ0) is 12.5. The van der Waals surface area contributed by atoms with Gasteiger partial charge in [0.05, 0.1) is 18.8 Å². The molecule has 0 unspecified atom stereocenters. The highest BCUT2D eigenvalue weighted by molar-refractivity contribution is 5.45. The van der Waals surface area contributed by atoms with Gasteiger partial charge >= 0.3 is 6.18 Å². The Kier molecular flexibility index (Phi) is 3.03. The number of hydrogen-bond acceptors (Lipinski definition) is 2. The second kappa shape index (κ2) is 4.22. The van der Waals surface area contributed by atoms with Crippen LogP contribution in [0.25, 0.3) is 0 Å². The van der Waals surface area contributed by atoms with Crippen LogP contribution in [0.2, 0.25) is 0 Å². The molecule has 1 saturated heterocycles. The molecule has 0 saturated carbocycles. The molecule has 5 heteroatoms. The first-order valence-corrected chi connectivity index (χ1v) is 5.38. The first-order valence-electron chi connectivity index (χ1n) is 5.38. The summed E-state index contributed by atoms with van der Waals surface area (Å²) in [6.45, 7) is 4.17. The van der Waals surface area contributed by atoms with Gasteiger partial charge in [-0.25, -0.2) is 0 Å². The van der Waals surface area contributed by atoms with Crippen LogP contribution in [0, 0.1) is 5.41 Å². The lowest BCUT2D eigenvalue weighted by molar-refractivity contribution is -0.137. The second-order valence-electron chi connectivity index (χ2n) is 4.73. The van der Waals surface area contributed by atoms with Crippen molar-refractivity contribution >= 4 is 5.69 Å². The first kappa shape index (κ1) is 12.2. The SMILES string of the molecule is CC1(CNc2ccc(C(F)(F)F)cc2)COC1. The number of benzene rings is 1. The normalized spacial score (nSPS) is 18.6. The van der Waals surface area contributed by atoms with Crippen molar-refractivity contribution in [1.29, 1.82) is 0 Å². The third-order valence-corrected chi connectivity index (χ3v) is 2.83. The van der Waals surface area contributed by atoms with Gasteiger partial charge in [0, 0.05) is 17.6 Å². The number of halogens is 3. The van der Waals surface area contributed by atoms with Crippen LogP contribution in [0.5, 0.6) is 0 Å². The lowest BCUT2D eigenvalue weighted by atomic mass is 9.89. The highest BCUT2D eigenvalue weighted by Gasteiger charge is 2.33. The predicted octanol–water partition coefficient (Wildman–Crippen LogP) is 3.15. The summed E-state index contributed by atoms with van der Waals surface area (Å²) in [5.74, 6) is 0. The lowest BCUT2D eigenvalue weighted by Gasteiger charge is -2.38. The van der Waals surface area contributed by atoms with Crippen molar-refractivity contribution in [2.75, 3.05) is 25.1 Å². The molecule has 1 aromatic carbocycles. The Balaban J connectivity index is 1.94. The molecule has 0 amide bonds. The molecule has 1 aliphatic rings. The molecule has 0 bridgehead atoms. The molecular formula is C12H14F3NO. The largest absolute Gasteiger partial charge is 0.416 e. The van der Waals surface area contributed by atoms with Crippen LogP contribution in [0.3, 0.4) is 0 Å². The summed E-state index contributed by atoms with van der Waals surface area (Å²) in [4.78, 5) is 0. The number of anilines is 1. The number of hydrogen-bond donors (Lipinski definition) is 1. The molecule has 1 heterocycles. The fraction of sp³-hybridized carbons (Fsp3) is 0.500. The fourth-order valence-electron chi connectivity index (χ4n) is 1.65. The zero-order valence-electron chi connectivity index (χ0n) is 9.47. The van der Waals surface area contributed by atoms with E-state index in [-0.39, 0.29) is 5.41 Å². The summed E-state index contributed by atoms with van der Waals surface area (Å²) in [5.41, 5.74) is 0.176. The summed E-state index contributed by atoms with van der Waals surface area (Å²) < 4.78 is 42.1. The molecule has 0 spiro atoms. The average Bonchev–Trinajstić information content (AvgIpc) is 2.23. The van der Waals surface area contributed by atoms with E-state index in [2.05, 4.69) is 12.2 Å². The second-order valence-corrected chi connectivity index (χ2v) is 4.73. The third kappa shape index (κ3) is 2.91. The van der Waals surface area contributed by atoms with Gasteiger partial charge in [0.15, 0.2) is 0 Å². The molecule has 94 valence electrons. The zero-order valence-corrected chi connectivity index (χ0v) is 9.47. The van der Waals surface area contributed by atoms with Crippen LogP contribution < -0.4 is 5.32 Å². The van der Waals surface area contributed by atoms with E-state index in [1.165, 1.54) is 12.1 Å². The average molecular weight is 245 g/mol. The van der Waals surface area contributed by atoms with E-state index in [1.807, 2.05) is 0 Å². The van der Waals surface area contributed by atoms with E-state index in [1.54, 1.807) is 0 Å². The van der Waals surface area contributed by atoms with Crippen LogP contribution in [0.4, 0.5) is 18.9 Å². The van der Waals surface area contributed by atoms with Crippen molar-refractivity contribution in [2.45, 2.75) is 13.1 Å². The fourth-order valence-corrected chi connectivity index (χ4v) is 1.65. The minimum Gasteiger partial charge on any atom is -0.384 e. The third-order valence-electron chi connectivity index (χ3n) is 2.83. The van der Waals surface area contributed by atoms with Crippen molar-refractivity contribution in [2.24, 2.45) is 5.41 Å². The maximum absolute atomic E-state index is 12.3. The van der Waals surface area contributed by atoms with Crippen LogP contribution in [0.1, 0.15) is 12.5 Å². The summed E-state index contributed by atoms with van der Waals surface area (Å²) in [6, 6.07) is 5.07. The van der Waals surface area contributed by atoms with Crippen LogP contribution in [-0.4, -0.2) is 19.8 Å². The Morgan fingerprint density at radius 2 is 1.82 bits per heavy atom. The standard InChI is InChI=1S/C12H14F3NO/c1-11(7-17-8-11)6-16-10-4-2-9(3-5-10)12(13,14)15/h2-5,16H,6-8H2,1H3. The summed E-state index contributed by atoms with van der Waals surface area (Å²) >= 11 is 0. The maximum Gasteiger partial charge on any atom is 0.416 e. The number of ether oxygens (including phenoxy) is 1. The van der Waals surface area contributed by atoms with E-state index < -0.39 is 11.7 Å². The van der Waals surface area contributed by atoms with Gasteiger partial charge in [-0.05, 0) is 24.3 Å². The van der Waals surface area contributed by atoms with Crippen LogP contribution >= 0.6 is 0 Å². The molecule has 0 radical (unpaired) electrons. The van der Waals surface area contributed by atoms with Gasteiger partial charge in [-0.3, -0.25) is 0 Å². The molecule has 2 rings (SSSR count). The molecular weight excluding hydrogens is 231 g/mol. The first-order chi connectivity index (χ1) is 7.89.